The van der Waals surface area contributed by atoms with E-state index < -0.39 is 29.1 Å². The second kappa shape index (κ2) is 5.88. The van der Waals surface area contributed by atoms with Gasteiger partial charge in [0.2, 0.25) is 0 Å². The highest BCUT2D eigenvalue weighted by Crippen LogP contribution is 2.21. The van der Waals surface area contributed by atoms with Gasteiger partial charge in [-0.3, -0.25) is 4.79 Å². The van der Waals surface area contributed by atoms with E-state index >= 15 is 0 Å². The third kappa shape index (κ3) is 3.35. The predicted octanol–water partition coefficient (Wildman–Crippen LogP) is 3.57. The van der Waals surface area contributed by atoms with E-state index in [0.29, 0.717) is 17.2 Å². The van der Waals surface area contributed by atoms with Crippen molar-refractivity contribution in [3.8, 4) is 0 Å². The minimum Gasteiger partial charge on any atom is -0.478 e. The molecule has 0 aliphatic rings. The average molecular weight is 312 g/mol. The summed E-state index contributed by atoms with van der Waals surface area (Å²) in [5.74, 6) is -4.75. The zero-order valence-electron chi connectivity index (χ0n) is 10.4. The molecule has 21 heavy (non-hydrogen) atoms. The summed E-state index contributed by atoms with van der Waals surface area (Å²) in [6.45, 7) is 0. The van der Waals surface area contributed by atoms with Crippen molar-refractivity contribution in [2.24, 2.45) is 0 Å². The maximum absolute atomic E-state index is 13.2. The number of benzene rings is 2. The van der Waals surface area contributed by atoms with Crippen molar-refractivity contribution < 1.29 is 23.5 Å². The molecule has 2 aromatic carbocycles. The van der Waals surface area contributed by atoms with Gasteiger partial charge in [0.15, 0.2) is 11.6 Å². The summed E-state index contributed by atoms with van der Waals surface area (Å²) in [4.78, 5) is 23.0. The Morgan fingerprint density at radius 2 is 1.76 bits per heavy atom. The highest BCUT2D eigenvalue weighted by atomic mass is 35.5. The summed E-state index contributed by atoms with van der Waals surface area (Å²) in [6, 6.07) is 7.00. The molecule has 0 saturated heterocycles. The second-order valence-electron chi connectivity index (χ2n) is 4.08. The lowest BCUT2D eigenvalue weighted by molar-refractivity contribution is 0.0697. The molecule has 0 spiro atoms. The smallest absolute Gasteiger partial charge is 0.337 e. The number of carbonyl (C=O) groups excluding carboxylic acids is 1. The molecule has 0 unspecified atom stereocenters. The number of hydrogen-bond donors (Lipinski definition) is 2. The number of amides is 1. The zero-order chi connectivity index (χ0) is 15.6. The number of nitrogens with one attached hydrogen (secondary N) is 1. The van der Waals surface area contributed by atoms with Crippen molar-refractivity contribution in [2.75, 3.05) is 5.32 Å². The van der Waals surface area contributed by atoms with Crippen molar-refractivity contribution in [2.45, 2.75) is 0 Å². The highest BCUT2D eigenvalue weighted by Gasteiger charge is 2.17. The molecule has 7 heteroatoms. The highest BCUT2D eigenvalue weighted by molar-refractivity contribution is 6.31. The first-order chi connectivity index (χ1) is 9.88. The average Bonchev–Trinajstić information content (AvgIpc) is 2.42. The molecule has 0 aromatic heterocycles. The van der Waals surface area contributed by atoms with Crippen LogP contribution < -0.4 is 5.32 Å². The Labute approximate surface area is 123 Å². The Morgan fingerprint density at radius 1 is 1.10 bits per heavy atom. The molecule has 108 valence electrons. The fourth-order valence-corrected chi connectivity index (χ4v) is 1.84. The number of carboxylic acid groups (broad SMARTS) is 1. The van der Waals surface area contributed by atoms with E-state index in [1.54, 1.807) is 6.07 Å². The quantitative estimate of drug-likeness (QED) is 0.910. The molecule has 2 rings (SSSR count). The van der Waals surface area contributed by atoms with Gasteiger partial charge in [0.05, 0.1) is 11.3 Å². The van der Waals surface area contributed by atoms with Crippen LogP contribution in [0.2, 0.25) is 5.02 Å². The van der Waals surface area contributed by atoms with Gasteiger partial charge >= 0.3 is 5.97 Å². The summed E-state index contributed by atoms with van der Waals surface area (Å²) < 4.78 is 26.3. The lowest BCUT2D eigenvalue weighted by atomic mass is 10.1. The van der Waals surface area contributed by atoms with Crippen molar-refractivity contribution in [3.05, 3.63) is 64.2 Å². The number of hydrogen-bond acceptors (Lipinski definition) is 2. The van der Waals surface area contributed by atoms with E-state index in [-0.39, 0.29) is 11.3 Å². The van der Waals surface area contributed by atoms with Crippen LogP contribution in [0, 0.1) is 11.6 Å². The summed E-state index contributed by atoms with van der Waals surface area (Å²) in [7, 11) is 0. The van der Waals surface area contributed by atoms with Crippen molar-refractivity contribution in [3.63, 3.8) is 0 Å². The Hall–Kier alpha value is -2.47. The van der Waals surface area contributed by atoms with Gasteiger partial charge in [-0.1, -0.05) is 17.7 Å². The normalized spacial score (nSPS) is 10.2. The van der Waals surface area contributed by atoms with Crippen LogP contribution >= 0.6 is 11.6 Å². The van der Waals surface area contributed by atoms with Gasteiger partial charge in [-0.2, -0.15) is 0 Å². The van der Waals surface area contributed by atoms with Gasteiger partial charge in [-0.25, -0.2) is 13.6 Å². The molecule has 0 fully saturated rings. The number of carboxylic acids is 1. The SMILES string of the molecule is O=C(Nc1cc(F)c(F)cc1C(=O)O)c1cccc(Cl)c1. The van der Waals surface area contributed by atoms with Crippen molar-refractivity contribution >= 4 is 29.2 Å². The van der Waals surface area contributed by atoms with E-state index in [0.717, 1.165) is 0 Å². The topological polar surface area (TPSA) is 66.4 Å². The van der Waals surface area contributed by atoms with Gasteiger partial charge in [0.25, 0.3) is 5.91 Å². The molecule has 0 aliphatic heterocycles. The molecule has 0 saturated carbocycles. The molecule has 1 amide bonds. The molecule has 4 nitrogen and oxygen atoms in total. The fourth-order valence-electron chi connectivity index (χ4n) is 1.65. The van der Waals surface area contributed by atoms with E-state index in [2.05, 4.69) is 5.32 Å². The Morgan fingerprint density at radius 3 is 2.38 bits per heavy atom. The fraction of sp³-hybridized carbons (Fsp3) is 0. The van der Waals surface area contributed by atoms with Gasteiger partial charge < -0.3 is 10.4 Å². The molecule has 0 aliphatic carbocycles. The van der Waals surface area contributed by atoms with Crippen LogP contribution in [0.4, 0.5) is 14.5 Å². The first-order valence-electron chi connectivity index (χ1n) is 5.67. The maximum atomic E-state index is 13.2. The van der Waals surface area contributed by atoms with Crippen LogP contribution in [0.3, 0.4) is 0 Å². The first-order valence-corrected chi connectivity index (χ1v) is 6.05. The Balaban J connectivity index is 2.37. The predicted molar refractivity (Wildman–Crippen MR) is 72.7 cm³/mol. The Kier molecular flexibility index (Phi) is 4.18. The number of rotatable bonds is 3. The van der Waals surface area contributed by atoms with Crippen molar-refractivity contribution in [1.82, 2.24) is 0 Å². The van der Waals surface area contributed by atoms with E-state index in [9.17, 15) is 18.4 Å². The van der Waals surface area contributed by atoms with E-state index in [4.69, 9.17) is 16.7 Å². The standard InChI is InChI=1S/C14H8ClF2NO3/c15-8-3-1-2-7(4-8)13(19)18-12-6-11(17)10(16)5-9(12)14(20)21/h1-6H,(H,18,19)(H,20,21). The van der Waals surface area contributed by atoms with Crippen LogP contribution in [0.1, 0.15) is 20.7 Å². The molecule has 2 N–H and O–H groups in total. The summed E-state index contributed by atoms with van der Waals surface area (Å²) >= 11 is 5.74. The van der Waals surface area contributed by atoms with Crippen molar-refractivity contribution in [1.29, 1.82) is 0 Å². The second-order valence-corrected chi connectivity index (χ2v) is 4.52. The van der Waals surface area contributed by atoms with E-state index in [1.165, 1.54) is 18.2 Å². The van der Waals surface area contributed by atoms with Crippen LogP contribution in [0.25, 0.3) is 0 Å². The molecular weight excluding hydrogens is 304 g/mol. The van der Waals surface area contributed by atoms with Crippen LogP contribution in [0.15, 0.2) is 36.4 Å². The third-order valence-electron chi connectivity index (χ3n) is 2.63. The zero-order valence-corrected chi connectivity index (χ0v) is 11.1. The lowest BCUT2D eigenvalue weighted by Crippen LogP contribution is -2.15. The first kappa shape index (κ1) is 14.9. The minimum atomic E-state index is -1.49. The largest absolute Gasteiger partial charge is 0.478 e. The molecular formula is C14H8ClF2NO3. The third-order valence-corrected chi connectivity index (χ3v) is 2.86. The number of halogens is 3. The summed E-state index contributed by atoms with van der Waals surface area (Å²) in [6.07, 6.45) is 0. The van der Waals surface area contributed by atoms with Gasteiger partial charge in [0, 0.05) is 16.7 Å². The molecule has 0 radical (unpaired) electrons. The molecule has 0 bridgehead atoms. The molecule has 2 aromatic rings. The van der Waals surface area contributed by atoms with E-state index in [1.807, 2.05) is 0 Å². The van der Waals surface area contributed by atoms with Crippen LogP contribution in [-0.2, 0) is 0 Å². The maximum Gasteiger partial charge on any atom is 0.337 e. The summed E-state index contributed by atoms with van der Waals surface area (Å²) in [5, 5.41) is 11.5. The molecule has 0 atom stereocenters. The number of carbonyl (C=O) groups is 2. The van der Waals surface area contributed by atoms with Gasteiger partial charge in [-0.05, 0) is 24.3 Å². The monoisotopic (exact) mass is 311 g/mol. The minimum absolute atomic E-state index is 0.156. The summed E-state index contributed by atoms with van der Waals surface area (Å²) in [5.41, 5.74) is -0.737. The van der Waals surface area contributed by atoms with Gasteiger partial charge in [0.1, 0.15) is 0 Å². The number of anilines is 1. The lowest BCUT2D eigenvalue weighted by Gasteiger charge is -2.09. The Bertz CT molecular complexity index is 734. The number of aromatic carboxylic acids is 1. The van der Waals surface area contributed by atoms with Crippen LogP contribution in [-0.4, -0.2) is 17.0 Å². The molecule has 0 heterocycles. The van der Waals surface area contributed by atoms with Gasteiger partial charge in [-0.15, -0.1) is 0 Å². The van der Waals surface area contributed by atoms with Crippen LogP contribution in [0.5, 0.6) is 0 Å².